The van der Waals surface area contributed by atoms with E-state index in [1.165, 1.54) is 5.56 Å². The van der Waals surface area contributed by atoms with Gasteiger partial charge < -0.3 is 19.5 Å². The number of aliphatic carboxylic acids is 1. The zero-order valence-electron chi connectivity index (χ0n) is 17.7. The van der Waals surface area contributed by atoms with Crippen LogP contribution in [0.3, 0.4) is 0 Å². The minimum atomic E-state index is -5.08. The van der Waals surface area contributed by atoms with Crippen LogP contribution >= 0.6 is 0 Å². The first-order valence-electron chi connectivity index (χ1n) is 10.6. The van der Waals surface area contributed by atoms with Crippen LogP contribution in [0.5, 0.6) is 0 Å². The van der Waals surface area contributed by atoms with Gasteiger partial charge >= 0.3 is 12.1 Å². The standard InChI is InChI=1S/C19H27N3O3.C2HF3O2/c23-18(22-7-1-2-8-22)13-24-17-5-9-25-19(10-17)14-21(15-19)12-16-4-3-6-20-11-16;3-2(4,5)1(6)7/h3-4,6,11,17H,1-2,5,7-10,12-15H2;(H,6,7). The van der Waals surface area contributed by atoms with Crippen molar-refractivity contribution in [2.75, 3.05) is 39.4 Å². The summed E-state index contributed by atoms with van der Waals surface area (Å²) in [6.07, 6.45) is 2.80. The summed E-state index contributed by atoms with van der Waals surface area (Å²) in [5, 5.41) is 7.12. The molecule has 0 aromatic carbocycles. The number of alkyl halides is 3. The number of nitrogens with zero attached hydrogens (tertiary/aromatic N) is 3. The van der Waals surface area contributed by atoms with Crippen molar-refractivity contribution in [3.05, 3.63) is 30.1 Å². The largest absolute Gasteiger partial charge is 0.490 e. The third kappa shape index (κ3) is 6.88. The highest BCUT2D eigenvalue weighted by atomic mass is 19.4. The molecule has 3 saturated heterocycles. The zero-order valence-corrected chi connectivity index (χ0v) is 17.7. The predicted octanol–water partition coefficient (Wildman–Crippen LogP) is 2.09. The molecular formula is C21H28F3N3O5. The van der Waals surface area contributed by atoms with Gasteiger partial charge in [0.2, 0.25) is 5.91 Å². The molecule has 1 N–H and O–H groups in total. The minimum absolute atomic E-state index is 0.0815. The zero-order chi connectivity index (χ0) is 23.2. The molecular weight excluding hydrogens is 431 g/mol. The van der Waals surface area contributed by atoms with E-state index in [0.29, 0.717) is 0 Å². The van der Waals surface area contributed by atoms with Gasteiger partial charge in [0.15, 0.2) is 0 Å². The molecule has 3 fully saturated rings. The van der Waals surface area contributed by atoms with E-state index < -0.39 is 12.1 Å². The number of hydrogen-bond acceptors (Lipinski definition) is 6. The molecule has 1 amide bonds. The first-order valence-corrected chi connectivity index (χ1v) is 10.6. The lowest BCUT2D eigenvalue weighted by Gasteiger charge is -2.53. The molecule has 3 aliphatic heterocycles. The smallest absolute Gasteiger partial charge is 0.475 e. The number of pyridine rings is 1. The van der Waals surface area contributed by atoms with E-state index in [9.17, 15) is 18.0 Å². The summed E-state index contributed by atoms with van der Waals surface area (Å²) in [7, 11) is 0. The Hall–Kier alpha value is -2.24. The van der Waals surface area contributed by atoms with E-state index in [0.717, 1.165) is 65.0 Å². The maximum absolute atomic E-state index is 12.1. The van der Waals surface area contributed by atoms with Crippen LogP contribution in [0.25, 0.3) is 0 Å². The van der Waals surface area contributed by atoms with Crippen molar-refractivity contribution in [2.45, 2.75) is 50.1 Å². The minimum Gasteiger partial charge on any atom is -0.475 e. The summed E-state index contributed by atoms with van der Waals surface area (Å²) in [4.78, 5) is 29.5. The van der Waals surface area contributed by atoms with Gasteiger partial charge in [0.25, 0.3) is 0 Å². The van der Waals surface area contributed by atoms with E-state index >= 15 is 0 Å². The molecule has 178 valence electrons. The van der Waals surface area contributed by atoms with Crippen molar-refractivity contribution in [1.82, 2.24) is 14.8 Å². The number of carboxylic acid groups (broad SMARTS) is 1. The number of hydrogen-bond donors (Lipinski definition) is 1. The van der Waals surface area contributed by atoms with E-state index in [1.54, 1.807) is 6.20 Å². The topological polar surface area (TPSA) is 92.2 Å². The summed E-state index contributed by atoms with van der Waals surface area (Å²) in [5.41, 5.74) is 1.15. The van der Waals surface area contributed by atoms with Crippen LogP contribution in [-0.2, 0) is 25.6 Å². The van der Waals surface area contributed by atoms with Gasteiger partial charge in [0.05, 0.1) is 11.7 Å². The van der Waals surface area contributed by atoms with Gasteiger partial charge in [0.1, 0.15) is 6.61 Å². The van der Waals surface area contributed by atoms with E-state index in [1.807, 2.05) is 17.2 Å². The Morgan fingerprint density at radius 1 is 1.28 bits per heavy atom. The van der Waals surface area contributed by atoms with Gasteiger partial charge in [0, 0.05) is 58.1 Å². The Kier molecular flexibility index (Phi) is 8.07. The predicted molar refractivity (Wildman–Crippen MR) is 107 cm³/mol. The summed E-state index contributed by atoms with van der Waals surface area (Å²) in [5.74, 6) is -2.61. The SMILES string of the molecule is O=C(COC1CCOC2(C1)CN(Cc1cccnc1)C2)N1CCCC1.O=C(O)C(F)(F)F. The van der Waals surface area contributed by atoms with Crippen molar-refractivity contribution in [1.29, 1.82) is 0 Å². The number of carbonyl (C=O) groups is 2. The highest BCUT2D eigenvalue weighted by molar-refractivity contribution is 5.77. The molecule has 1 unspecified atom stereocenters. The number of likely N-dealkylation sites (tertiary alicyclic amines) is 2. The van der Waals surface area contributed by atoms with Crippen LogP contribution in [-0.4, -0.2) is 89.0 Å². The molecule has 1 aromatic rings. The molecule has 4 rings (SSSR count). The second kappa shape index (κ2) is 10.6. The first-order chi connectivity index (χ1) is 15.2. The molecule has 11 heteroatoms. The Morgan fingerprint density at radius 2 is 1.97 bits per heavy atom. The number of carboxylic acids is 1. The van der Waals surface area contributed by atoms with E-state index in [2.05, 4.69) is 16.0 Å². The highest BCUT2D eigenvalue weighted by Gasteiger charge is 2.47. The molecule has 8 nitrogen and oxygen atoms in total. The van der Waals surface area contributed by atoms with Crippen LogP contribution in [0.1, 0.15) is 31.2 Å². The number of carbonyl (C=O) groups excluding carboxylic acids is 1. The molecule has 0 saturated carbocycles. The molecule has 0 bridgehead atoms. The van der Waals surface area contributed by atoms with Gasteiger partial charge in [-0.25, -0.2) is 4.79 Å². The molecule has 4 heterocycles. The van der Waals surface area contributed by atoms with Crippen molar-refractivity contribution >= 4 is 11.9 Å². The molecule has 3 aliphatic rings. The quantitative estimate of drug-likeness (QED) is 0.721. The highest BCUT2D eigenvalue weighted by Crippen LogP contribution is 2.36. The maximum atomic E-state index is 12.1. The molecule has 1 spiro atoms. The number of ether oxygens (including phenoxy) is 2. The average Bonchev–Trinajstić information content (AvgIpc) is 3.27. The van der Waals surface area contributed by atoms with Crippen LogP contribution < -0.4 is 0 Å². The second-order valence-corrected chi connectivity index (χ2v) is 8.35. The lowest BCUT2D eigenvalue weighted by atomic mass is 9.84. The van der Waals surface area contributed by atoms with Crippen molar-refractivity contribution in [3.63, 3.8) is 0 Å². The monoisotopic (exact) mass is 459 g/mol. The van der Waals surface area contributed by atoms with Crippen molar-refractivity contribution < 1.29 is 37.3 Å². The fourth-order valence-corrected chi connectivity index (χ4v) is 4.22. The molecule has 1 atom stereocenters. The van der Waals surface area contributed by atoms with Crippen LogP contribution in [0.2, 0.25) is 0 Å². The lowest BCUT2D eigenvalue weighted by Crippen LogP contribution is -2.65. The molecule has 0 aliphatic carbocycles. The Labute approximate surface area is 184 Å². The summed E-state index contributed by atoms with van der Waals surface area (Å²) in [6, 6.07) is 4.08. The fraction of sp³-hybridized carbons (Fsp3) is 0.667. The van der Waals surface area contributed by atoms with Gasteiger partial charge in [-0.05, 0) is 30.9 Å². The van der Waals surface area contributed by atoms with Crippen LogP contribution in [0.15, 0.2) is 24.5 Å². The van der Waals surface area contributed by atoms with Crippen molar-refractivity contribution in [2.24, 2.45) is 0 Å². The first kappa shape index (κ1) is 24.4. The maximum Gasteiger partial charge on any atom is 0.490 e. The van der Waals surface area contributed by atoms with Crippen LogP contribution in [0.4, 0.5) is 13.2 Å². The fourth-order valence-electron chi connectivity index (χ4n) is 4.22. The Balaban J connectivity index is 0.000000360. The third-order valence-electron chi connectivity index (χ3n) is 5.74. The second-order valence-electron chi connectivity index (χ2n) is 8.35. The van der Waals surface area contributed by atoms with Crippen LogP contribution in [0, 0.1) is 0 Å². The molecule has 0 radical (unpaired) electrons. The lowest BCUT2D eigenvalue weighted by molar-refractivity contribution is -0.200. The number of aromatic nitrogens is 1. The van der Waals surface area contributed by atoms with Gasteiger partial charge in [-0.3, -0.25) is 14.7 Å². The molecule has 32 heavy (non-hydrogen) atoms. The summed E-state index contributed by atoms with van der Waals surface area (Å²) in [6.45, 7) is 5.51. The Morgan fingerprint density at radius 3 is 2.56 bits per heavy atom. The number of rotatable bonds is 5. The summed E-state index contributed by atoms with van der Waals surface area (Å²) >= 11 is 0. The van der Waals surface area contributed by atoms with Gasteiger partial charge in [-0.2, -0.15) is 13.2 Å². The normalized spacial score (nSPS) is 22.7. The third-order valence-corrected chi connectivity index (χ3v) is 5.74. The van der Waals surface area contributed by atoms with Crippen molar-refractivity contribution in [3.8, 4) is 0 Å². The number of amides is 1. The van der Waals surface area contributed by atoms with E-state index in [-0.39, 0.29) is 24.2 Å². The Bertz CT molecular complexity index is 766. The van der Waals surface area contributed by atoms with Gasteiger partial charge in [-0.15, -0.1) is 0 Å². The average molecular weight is 459 g/mol. The summed E-state index contributed by atoms with van der Waals surface area (Å²) < 4.78 is 43.8. The van der Waals surface area contributed by atoms with E-state index in [4.69, 9.17) is 19.4 Å². The van der Waals surface area contributed by atoms with Gasteiger partial charge in [-0.1, -0.05) is 6.07 Å². The molecule has 1 aromatic heterocycles. The number of halogens is 3.